The first-order chi connectivity index (χ1) is 12.6. The summed E-state index contributed by atoms with van der Waals surface area (Å²) in [4.78, 5) is 0. The Balaban J connectivity index is 1.64. The van der Waals surface area contributed by atoms with Crippen LogP contribution in [-0.2, 0) is 22.7 Å². The van der Waals surface area contributed by atoms with Crippen molar-refractivity contribution in [2.75, 3.05) is 6.61 Å². The fraction of sp³-hybridized carbons (Fsp3) is 0.333. The highest BCUT2D eigenvalue weighted by molar-refractivity contribution is 5.16. The average molecular weight is 360 g/mol. The number of hydrogen-bond acceptors (Lipinski definition) is 3. The molecule has 5 heteroatoms. The Labute approximate surface area is 151 Å². The third-order valence-electron chi connectivity index (χ3n) is 4.44. The minimum atomic E-state index is -3.27. The van der Waals surface area contributed by atoms with E-state index in [9.17, 15) is 13.9 Å². The second kappa shape index (κ2) is 8.54. The van der Waals surface area contributed by atoms with E-state index in [4.69, 9.17) is 9.47 Å². The lowest BCUT2D eigenvalue weighted by Crippen LogP contribution is -2.43. The molecule has 3 nitrogen and oxygen atoms in total. The number of halogens is 2. The Hall–Kier alpha value is -2.08. The molecule has 2 aromatic carbocycles. The fourth-order valence-corrected chi connectivity index (χ4v) is 2.95. The van der Waals surface area contributed by atoms with Gasteiger partial charge >= 0.3 is 0 Å². The van der Waals surface area contributed by atoms with Crippen LogP contribution in [-0.4, -0.2) is 29.8 Å². The quantitative estimate of drug-likeness (QED) is 0.724. The van der Waals surface area contributed by atoms with E-state index in [1.54, 1.807) is 0 Å². The van der Waals surface area contributed by atoms with Gasteiger partial charge in [-0.3, -0.25) is 0 Å². The van der Waals surface area contributed by atoms with Crippen molar-refractivity contribution in [1.29, 1.82) is 0 Å². The smallest absolute Gasteiger partial charge is 0.285 e. The molecule has 0 saturated heterocycles. The number of aliphatic hydroxyl groups excluding tert-OH is 1. The molecule has 2 aromatic rings. The topological polar surface area (TPSA) is 38.7 Å². The molecule has 0 saturated carbocycles. The maximum Gasteiger partial charge on any atom is 0.285 e. The maximum atomic E-state index is 14.3. The molecule has 0 radical (unpaired) electrons. The molecule has 1 N–H and O–H groups in total. The van der Waals surface area contributed by atoms with Gasteiger partial charge in [-0.15, -0.1) is 0 Å². The Morgan fingerprint density at radius 2 is 1.46 bits per heavy atom. The monoisotopic (exact) mass is 360 g/mol. The third-order valence-corrected chi connectivity index (χ3v) is 4.44. The van der Waals surface area contributed by atoms with Gasteiger partial charge in [0.1, 0.15) is 6.10 Å². The highest BCUT2D eigenvalue weighted by Crippen LogP contribution is 2.39. The standard InChI is InChI=1S/C21H22F2O3/c22-21(23)18(11-12-20(21)24)19(26-14-17-9-5-2-6-10-17)15-25-13-16-7-3-1-4-8-16/h1-12,18-20,24H,13-15H2/t18-,19+,20-/m0/s1. The zero-order chi connectivity index (χ0) is 18.4. The highest BCUT2D eigenvalue weighted by Gasteiger charge is 2.51. The number of alkyl halides is 2. The Bertz CT molecular complexity index is 704. The molecule has 0 unspecified atom stereocenters. The SMILES string of the molecule is O[C@H]1C=C[C@@H]([C@@H](COCc2ccccc2)OCc2ccccc2)C1(F)F. The van der Waals surface area contributed by atoms with E-state index in [1.165, 1.54) is 6.08 Å². The van der Waals surface area contributed by atoms with Crippen LogP contribution in [0.5, 0.6) is 0 Å². The molecule has 3 rings (SSSR count). The van der Waals surface area contributed by atoms with Crippen molar-refractivity contribution in [3.8, 4) is 0 Å². The molecule has 0 bridgehead atoms. The fourth-order valence-electron chi connectivity index (χ4n) is 2.95. The number of rotatable bonds is 8. The van der Waals surface area contributed by atoms with Crippen LogP contribution in [0.1, 0.15) is 11.1 Å². The van der Waals surface area contributed by atoms with Crippen LogP contribution < -0.4 is 0 Å². The highest BCUT2D eigenvalue weighted by atomic mass is 19.3. The van der Waals surface area contributed by atoms with E-state index in [0.717, 1.165) is 17.2 Å². The van der Waals surface area contributed by atoms with Gasteiger partial charge < -0.3 is 14.6 Å². The number of hydrogen-bond donors (Lipinski definition) is 1. The van der Waals surface area contributed by atoms with Gasteiger partial charge in [-0.05, 0) is 11.1 Å². The molecule has 138 valence electrons. The minimum absolute atomic E-state index is 0.0129. The van der Waals surface area contributed by atoms with Crippen molar-refractivity contribution in [3.05, 3.63) is 83.9 Å². The lowest BCUT2D eigenvalue weighted by atomic mass is 9.97. The van der Waals surface area contributed by atoms with E-state index in [-0.39, 0.29) is 13.2 Å². The molecule has 1 aliphatic carbocycles. The van der Waals surface area contributed by atoms with Gasteiger partial charge in [0.15, 0.2) is 0 Å². The molecular weight excluding hydrogens is 338 g/mol. The first kappa shape index (κ1) is 18.7. The van der Waals surface area contributed by atoms with Gasteiger partial charge in [0.25, 0.3) is 5.92 Å². The molecule has 3 atom stereocenters. The lowest BCUT2D eigenvalue weighted by molar-refractivity contribution is -0.157. The minimum Gasteiger partial charge on any atom is -0.383 e. The van der Waals surface area contributed by atoms with Crippen molar-refractivity contribution in [2.45, 2.75) is 31.3 Å². The molecule has 0 spiro atoms. The molecule has 0 heterocycles. The Kier molecular flexibility index (Phi) is 6.14. The summed E-state index contributed by atoms with van der Waals surface area (Å²) in [5, 5.41) is 9.53. The zero-order valence-corrected chi connectivity index (χ0v) is 14.3. The van der Waals surface area contributed by atoms with Crippen molar-refractivity contribution in [2.24, 2.45) is 5.92 Å². The lowest BCUT2D eigenvalue weighted by Gasteiger charge is -2.29. The summed E-state index contributed by atoms with van der Waals surface area (Å²) in [6, 6.07) is 18.9. The van der Waals surface area contributed by atoms with E-state index in [1.807, 2.05) is 60.7 Å². The largest absolute Gasteiger partial charge is 0.383 e. The molecule has 0 aromatic heterocycles. The summed E-state index contributed by atoms with van der Waals surface area (Å²) in [6.45, 7) is 0.534. The van der Waals surface area contributed by atoms with Crippen molar-refractivity contribution < 1.29 is 23.4 Å². The van der Waals surface area contributed by atoms with Crippen LogP contribution in [0, 0.1) is 5.92 Å². The number of ether oxygens (including phenoxy) is 2. The predicted molar refractivity (Wildman–Crippen MR) is 94.7 cm³/mol. The normalized spacial score (nSPS) is 22.4. The van der Waals surface area contributed by atoms with E-state index >= 15 is 0 Å². The number of benzene rings is 2. The summed E-state index contributed by atoms with van der Waals surface area (Å²) in [7, 11) is 0. The van der Waals surface area contributed by atoms with Gasteiger partial charge in [0.2, 0.25) is 0 Å². The van der Waals surface area contributed by atoms with Crippen LogP contribution in [0.3, 0.4) is 0 Å². The van der Waals surface area contributed by atoms with Crippen molar-refractivity contribution >= 4 is 0 Å². The molecule has 0 amide bonds. The first-order valence-electron chi connectivity index (χ1n) is 8.59. The Morgan fingerprint density at radius 1 is 0.885 bits per heavy atom. The van der Waals surface area contributed by atoms with Crippen molar-refractivity contribution in [1.82, 2.24) is 0 Å². The van der Waals surface area contributed by atoms with Gasteiger partial charge in [0.05, 0.1) is 31.8 Å². The van der Waals surface area contributed by atoms with Crippen LogP contribution in [0.2, 0.25) is 0 Å². The van der Waals surface area contributed by atoms with Crippen LogP contribution in [0.15, 0.2) is 72.8 Å². The molecule has 0 aliphatic heterocycles. The van der Waals surface area contributed by atoms with Gasteiger partial charge in [-0.1, -0.05) is 72.8 Å². The summed E-state index contributed by atoms with van der Waals surface area (Å²) >= 11 is 0. The molecule has 0 fully saturated rings. The van der Waals surface area contributed by atoms with E-state index in [0.29, 0.717) is 6.61 Å². The van der Waals surface area contributed by atoms with Crippen LogP contribution >= 0.6 is 0 Å². The van der Waals surface area contributed by atoms with Crippen LogP contribution in [0.25, 0.3) is 0 Å². The molecule has 26 heavy (non-hydrogen) atoms. The zero-order valence-electron chi connectivity index (χ0n) is 14.3. The Morgan fingerprint density at radius 3 is 2.00 bits per heavy atom. The van der Waals surface area contributed by atoms with E-state index in [2.05, 4.69) is 0 Å². The molecule has 1 aliphatic rings. The summed E-state index contributed by atoms with van der Waals surface area (Å²) in [6.07, 6.45) is -0.195. The first-order valence-corrected chi connectivity index (χ1v) is 8.59. The third kappa shape index (κ3) is 4.55. The average Bonchev–Trinajstić information content (AvgIpc) is 2.93. The predicted octanol–water partition coefficient (Wildman–Crippen LogP) is 3.97. The van der Waals surface area contributed by atoms with Crippen LogP contribution in [0.4, 0.5) is 8.78 Å². The number of aliphatic hydroxyl groups is 1. The summed E-state index contributed by atoms with van der Waals surface area (Å²) in [5.41, 5.74) is 1.86. The van der Waals surface area contributed by atoms with Crippen molar-refractivity contribution in [3.63, 3.8) is 0 Å². The summed E-state index contributed by atoms with van der Waals surface area (Å²) in [5.74, 6) is -4.49. The maximum absolute atomic E-state index is 14.3. The second-order valence-electron chi connectivity index (χ2n) is 6.37. The van der Waals surface area contributed by atoms with Gasteiger partial charge in [0, 0.05) is 0 Å². The van der Waals surface area contributed by atoms with Gasteiger partial charge in [-0.2, -0.15) is 0 Å². The second-order valence-corrected chi connectivity index (χ2v) is 6.37. The molecular formula is C21H22F2O3. The van der Waals surface area contributed by atoms with Gasteiger partial charge in [-0.25, -0.2) is 8.78 Å². The summed E-state index contributed by atoms with van der Waals surface area (Å²) < 4.78 is 40.0. The van der Waals surface area contributed by atoms with E-state index < -0.39 is 24.0 Å².